The van der Waals surface area contributed by atoms with Gasteiger partial charge >= 0.3 is 5.63 Å². The summed E-state index contributed by atoms with van der Waals surface area (Å²) < 4.78 is 11.8. The summed E-state index contributed by atoms with van der Waals surface area (Å²) in [6, 6.07) is 13.6. The number of amides is 1. The van der Waals surface area contributed by atoms with Gasteiger partial charge in [0.1, 0.15) is 11.3 Å². The summed E-state index contributed by atoms with van der Waals surface area (Å²) >= 11 is 0. The van der Waals surface area contributed by atoms with Crippen molar-refractivity contribution in [3.8, 4) is 5.75 Å². The third-order valence-electron chi connectivity index (χ3n) is 8.47. The largest absolute Gasteiger partial charge is 0.480 e. The minimum Gasteiger partial charge on any atom is -0.480 e. The van der Waals surface area contributed by atoms with Crippen molar-refractivity contribution in [2.45, 2.75) is 77.5 Å². The Balaban J connectivity index is 1.45. The van der Waals surface area contributed by atoms with Crippen LogP contribution in [0.15, 0.2) is 51.7 Å². The number of aliphatic hydroxyl groups is 1. The minimum absolute atomic E-state index is 0.00134. The number of rotatable bonds is 4. The van der Waals surface area contributed by atoms with Gasteiger partial charge in [-0.2, -0.15) is 0 Å². The topological polar surface area (TPSA) is 80.0 Å². The molecule has 190 valence electrons. The van der Waals surface area contributed by atoms with Gasteiger partial charge in [0, 0.05) is 29.0 Å². The van der Waals surface area contributed by atoms with E-state index in [1.807, 2.05) is 49.1 Å². The van der Waals surface area contributed by atoms with Crippen LogP contribution in [0, 0.1) is 26.7 Å². The monoisotopic (exact) mass is 489 g/mol. The van der Waals surface area contributed by atoms with Crippen LogP contribution in [0.25, 0.3) is 11.0 Å². The van der Waals surface area contributed by atoms with Crippen LogP contribution in [0.2, 0.25) is 0 Å². The van der Waals surface area contributed by atoms with Gasteiger partial charge in [0.25, 0.3) is 5.91 Å². The molecule has 1 N–H and O–H groups in total. The van der Waals surface area contributed by atoms with Crippen molar-refractivity contribution in [2.75, 3.05) is 6.54 Å². The summed E-state index contributed by atoms with van der Waals surface area (Å²) in [5, 5.41) is 12.4. The van der Waals surface area contributed by atoms with E-state index in [-0.39, 0.29) is 23.5 Å². The van der Waals surface area contributed by atoms with Gasteiger partial charge in [0.2, 0.25) is 0 Å². The molecule has 36 heavy (non-hydrogen) atoms. The Morgan fingerprint density at radius 3 is 2.56 bits per heavy atom. The molecule has 0 unspecified atom stereocenters. The van der Waals surface area contributed by atoms with E-state index in [2.05, 4.69) is 12.1 Å². The Hall–Kier alpha value is -3.12. The number of hydrogen-bond donors (Lipinski definition) is 1. The first-order valence-electron chi connectivity index (χ1n) is 13.0. The molecule has 3 aromatic rings. The molecular weight excluding hydrogens is 454 g/mol. The fraction of sp³-hybridized carbons (Fsp3) is 0.467. The Morgan fingerprint density at radius 2 is 1.81 bits per heavy atom. The quantitative estimate of drug-likeness (QED) is 0.498. The number of benzene rings is 2. The maximum atomic E-state index is 13.8. The van der Waals surface area contributed by atoms with Gasteiger partial charge < -0.3 is 19.2 Å². The van der Waals surface area contributed by atoms with Crippen LogP contribution in [0.4, 0.5) is 0 Å². The van der Waals surface area contributed by atoms with Crippen molar-refractivity contribution in [2.24, 2.45) is 5.92 Å². The van der Waals surface area contributed by atoms with Gasteiger partial charge in [-0.15, -0.1) is 0 Å². The number of likely N-dealkylation sites (tertiary alicyclic amines) is 1. The Morgan fingerprint density at radius 1 is 1.06 bits per heavy atom. The van der Waals surface area contributed by atoms with E-state index < -0.39 is 11.7 Å². The summed E-state index contributed by atoms with van der Waals surface area (Å²) in [4.78, 5) is 28.0. The first kappa shape index (κ1) is 24.6. The molecule has 2 heterocycles. The molecule has 6 heteroatoms. The standard InChI is InChI=1S/C30H35NO5/c1-18-19(2)29(33)36-27-20(3)25(14-13-23(18)27)35-21(4)28(32)31-17-16-30(34)15-9-8-12-24(30)26(31)22-10-6-5-7-11-22/h5-7,10-11,13-14,21,24,26,34H,8-9,12,15-17H2,1-4H3/t21-,24-,26-,30-/m1/s1. The lowest BCUT2D eigenvalue weighted by molar-refractivity contribution is -0.161. The van der Waals surface area contributed by atoms with Gasteiger partial charge in [-0.1, -0.05) is 43.2 Å². The molecular formula is C30H35NO5. The fourth-order valence-corrected chi connectivity index (χ4v) is 6.22. The molecule has 2 aromatic carbocycles. The maximum Gasteiger partial charge on any atom is 0.339 e. The van der Waals surface area contributed by atoms with E-state index >= 15 is 0 Å². The second kappa shape index (κ2) is 9.40. The summed E-state index contributed by atoms with van der Waals surface area (Å²) in [5.41, 5.74) is 2.64. The van der Waals surface area contributed by atoms with E-state index in [1.54, 1.807) is 13.8 Å². The molecule has 1 amide bonds. The van der Waals surface area contributed by atoms with Gasteiger partial charge in [-0.05, 0) is 70.2 Å². The van der Waals surface area contributed by atoms with Crippen LogP contribution >= 0.6 is 0 Å². The highest BCUT2D eigenvalue weighted by Gasteiger charge is 2.50. The highest BCUT2D eigenvalue weighted by Crippen LogP contribution is 2.49. The molecule has 2 fully saturated rings. The number of carbonyl (C=O) groups excluding carboxylic acids is 1. The SMILES string of the molecule is Cc1c(C)c2ccc(O[C@H](C)C(=O)N3CC[C@]4(O)CCCC[C@@H]4[C@H]3c3ccccc3)c(C)c2oc1=O. The summed E-state index contributed by atoms with van der Waals surface area (Å²) in [7, 11) is 0. The average molecular weight is 490 g/mol. The molecule has 0 spiro atoms. The molecule has 1 aliphatic heterocycles. The third-order valence-corrected chi connectivity index (χ3v) is 8.47. The van der Waals surface area contributed by atoms with E-state index in [1.165, 1.54) is 0 Å². The predicted molar refractivity (Wildman–Crippen MR) is 139 cm³/mol. The first-order chi connectivity index (χ1) is 17.2. The number of nitrogens with zero attached hydrogens (tertiary/aromatic N) is 1. The van der Waals surface area contributed by atoms with Crippen LogP contribution < -0.4 is 10.4 Å². The lowest BCUT2D eigenvalue weighted by Gasteiger charge is -2.53. The highest BCUT2D eigenvalue weighted by atomic mass is 16.5. The first-order valence-corrected chi connectivity index (χ1v) is 13.0. The van der Waals surface area contributed by atoms with Crippen molar-refractivity contribution >= 4 is 16.9 Å². The van der Waals surface area contributed by atoms with Crippen LogP contribution in [-0.4, -0.2) is 34.2 Å². The molecule has 0 bridgehead atoms. The highest BCUT2D eigenvalue weighted by molar-refractivity contribution is 5.86. The lowest BCUT2D eigenvalue weighted by Crippen LogP contribution is -2.58. The Kier molecular flexibility index (Phi) is 6.41. The van der Waals surface area contributed by atoms with E-state index in [0.29, 0.717) is 35.4 Å². The molecule has 2 aliphatic rings. The number of piperidine rings is 1. The van der Waals surface area contributed by atoms with Gasteiger partial charge in [0.05, 0.1) is 11.6 Å². The van der Waals surface area contributed by atoms with Crippen LogP contribution in [0.5, 0.6) is 5.75 Å². The summed E-state index contributed by atoms with van der Waals surface area (Å²) in [5.74, 6) is 0.427. The van der Waals surface area contributed by atoms with Gasteiger partial charge in [-0.3, -0.25) is 4.79 Å². The summed E-state index contributed by atoms with van der Waals surface area (Å²) in [6.07, 6.45) is 3.62. The molecule has 1 saturated carbocycles. The van der Waals surface area contributed by atoms with Crippen LogP contribution in [-0.2, 0) is 4.79 Å². The molecule has 1 saturated heterocycles. The van der Waals surface area contributed by atoms with Crippen molar-refractivity contribution in [3.05, 3.63) is 75.1 Å². The van der Waals surface area contributed by atoms with Crippen LogP contribution in [0.1, 0.15) is 67.3 Å². The zero-order chi connectivity index (χ0) is 25.6. The smallest absolute Gasteiger partial charge is 0.339 e. The molecule has 1 aromatic heterocycles. The fourth-order valence-electron chi connectivity index (χ4n) is 6.22. The molecule has 4 atom stereocenters. The lowest BCUT2D eigenvalue weighted by atomic mass is 9.66. The van der Waals surface area contributed by atoms with Crippen molar-refractivity contribution in [1.82, 2.24) is 4.90 Å². The van der Waals surface area contributed by atoms with Gasteiger partial charge in [-0.25, -0.2) is 4.79 Å². The number of carbonyl (C=O) groups is 1. The van der Waals surface area contributed by atoms with Crippen molar-refractivity contribution in [3.63, 3.8) is 0 Å². The van der Waals surface area contributed by atoms with Crippen molar-refractivity contribution < 1.29 is 19.1 Å². The Labute approximate surface area is 211 Å². The molecule has 6 nitrogen and oxygen atoms in total. The normalized spacial score (nSPS) is 24.9. The Bertz CT molecular complexity index is 1350. The minimum atomic E-state index is -0.736. The number of hydrogen-bond acceptors (Lipinski definition) is 5. The van der Waals surface area contributed by atoms with E-state index in [0.717, 1.165) is 42.2 Å². The maximum absolute atomic E-state index is 13.8. The van der Waals surface area contributed by atoms with Gasteiger partial charge in [0.15, 0.2) is 6.10 Å². The molecule has 0 radical (unpaired) electrons. The average Bonchev–Trinajstić information content (AvgIpc) is 2.88. The number of aryl methyl sites for hydroxylation is 2. The zero-order valence-electron chi connectivity index (χ0n) is 21.5. The van der Waals surface area contributed by atoms with E-state index in [9.17, 15) is 14.7 Å². The number of ether oxygens (including phenoxy) is 1. The van der Waals surface area contributed by atoms with Crippen molar-refractivity contribution in [1.29, 1.82) is 0 Å². The van der Waals surface area contributed by atoms with Crippen LogP contribution in [0.3, 0.4) is 0 Å². The second-order valence-electron chi connectivity index (χ2n) is 10.6. The second-order valence-corrected chi connectivity index (χ2v) is 10.6. The molecule has 5 rings (SSSR count). The molecule has 1 aliphatic carbocycles. The van der Waals surface area contributed by atoms with E-state index in [4.69, 9.17) is 9.15 Å². The third kappa shape index (κ3) is 4.11. The summed E-state index contributed by atoms with van der Waals surface area (Å²) in [6.45, 7) is 7.78. The number of fused-ring (bicyclic) bond motifs is 2. The predicted octanol–water partition coefficient (Wildman–Crippen LogP) is 5.38. The zero-order valence-corrected chi connectivity index (χ0v) is 21.5.